The highest BCUT2D eigenvalue weighted by atomic mass is 32.2. The number of aliphatic carboxylic acids is 1. The van der Waals surface area contributed by atoms with Crippen LogP contribution in [-0.4, -0.2) is 40.7 Å². The van der Waals surface area contributed by atoms with E-state index in [-0.39, 0.29) is 11.7 Å². The molecule has 1 saturated heterocycles. The number of carboxylic acid groups (broad SMARTS) is 1. The van der Waals surface area contributed by atoms with Gasteiger partial charge in [-0.05, 0) is 30.5 Å². The first-order chi connectivity index (χ1) is 13.0. The molecule has 0 unspecified atom stereocenters. The molecule has 0 spiro atoms. The van der Waals surface area contributed by atoms with E-state index in [9.17, 15) is 19.1 Å². The van der Waals surface area contributed by atoms with Crippen LogP contribution in [0, 0.1) is 5.82 Å². The lowest BCUT2D eigenvalue weighted by Gasteiger charge is -2.39. The van der Waals surface area contributed by atoms with Crippen LogP contribution in [0.3, 0.4) is 0 Å². The summed E-state index contributed by atoms with van der Waals surface area (Å²) >= 11 is 1.32. The average Bonchev–Trinajstić information content (AvgIpc) is 2.70. The molecule has 0 saturated carbocycles. The molecule has 0 atom stereocenters. The van der Waals surface area contributed by atoms with Crippen LogP contribution in [0.25, 0.3) is 0 Å². The average molecular weight is 387 g/mol. The molecule has 0 aromatic heterocycles. The summed E-state index contributed by atoms with van der Waals surface area (Å²) in [7, 11) is 0. The molecular formula is C21H22FNO3S. The Balaban J connectivity index is 1.55. The molecule has 1 heterocycles. The molecule has 2 aromatic rings. The van der Waals surface area contributed by atoms with Crippen molar-refractivity contribution < 1.29 is 19.1 Å². The van der Waals surface area contributed by atoms with E-state index in [1.807, 2.05) is 30.3 Å². The topological polar surface area (TPSA) is 57.6 Å². The Hall–Kier alpha value is -2.34. The van der Waals surface area contributed by atoms with Gasteiger partial charge in [-0.3, -0.25) is 9.59 Å². The monoisotopic (exact) mass is 387 g/mol. The second-order valence-corrected chi connectivity index (χ2v) is 7.80. The van der Waals surface area contributed by atoms with E-state index in [0.717, 1.165) is 5.56 Å². The largest absolute Gasteiger partial charge is 0.481 e. The Morgan fingerprint density at radius 2 is 1.67 bits per heavy atom. The molecule has 4 nitrogen and oxygen atoms in total. The number of likely N-dealkylation sites (tertiary alicyclic amines) is 1. The number of hydrogen-bond donors (Lipinski definition) is 1. The van der Waals surface area contributed by atoms with Crippen molar-refractivity contribution in [3.63, 3.8) is 0 Å². The predicted octanol–water partition coefficient (Wildman–Crippen LogP) is 3.95. The van der Waals surface area contributed by atoms with Crippen LogP contribution < -0.4 is 0 Å². The van der Waals surface area contributed by atoms with Gasteiger partial charge in [-0.25, -0.2) is 4.39 Å². The first-order valence-corrected chi connectivity index (χ1v) is 9.95. The van der Waals surface area contributed by atoms with Crippen molar-refractivity contribution in [3.05, 3.63) is 66.0 Å². The number of hydrogen-bond acceptors (Lipinski definition) is 3. The molecule has 1 aliphatic rings. The molecule has 1 N–H and O–H groups in total. The van der Waals surface area contributed by atoms with Crippen molar-refractivity contribution in [2.45, 2.75) is 29.6 Å². The van der Waals surface area contributed by atoms with Crippen molar-refractivity contribution >= 4 is 23.6 Å². The van der Waals surface area contributed by atoms with E-state index < -0.39 is 11.4 Å². The summed E-state index contributed by atoms with van der Waals surface area (Å²) in [6, 6.07) is 15.8. The number of carbonyl (C=O) groups is 2. The number of piperidine rings is 1. The summed E-state index contributed by atoms with van der Waals surface area (Å²) in [4.78, 5) is 26.7. The fraction of sp³-hybridized carbons (Fsp3) is 0.333. The van der Waals surface area contributed by atoms with Gasteiger partial charge in [0.2, 0.25) is 5.91 Å². The van der Waals surface area contributed by atoms with E-state index in [2.05, 4.69) is 0 Å². The highest BCUT2D eigenvalue weighted by Gasteiger charge is 2.43. The van der Waals surface area contributed by atoms with Gasteiger partial charge >= 0.3 is 5.97 Å². The lowest BCUT2D eigenvalue weighted by Crippen LogP contribution is -2.49. The molecule has 27 heavy (non-hydrogen) atoms. The molecule has 6 heteroatoms. The van der Waals surface area contributed by atoms with Crippen molar-refractivity contribution in [3.8, 4) is 0 Å². The Labute approximate surface area is 162 Å². The number of carbonyl (C=O) groups excluding carboxylic acids is 1. The molecule has 1 fully saturated rings. The standard InChI is InChI=1S/C21H22FNO3S/c22-17-8-4-5-9-18(17)27-15-10-19(24)23-13-11-21(12-14-23,20(25)26)16-6-2-1-3-7-16/h1-9H,10-15H2,(H,25,26). The van der Waals surface area contributed by atoms with Crippen LogP contribution in [0.4, 0.5) is 4.39 Å². The van der Waals surface area contributed by atoms with Crippen molar-refractivity contribution in [1.29, 1.82) is 0 Å². The van der Waals surface area contributed by atoms with Crippen LogP contribution in [-0.2, 0) is 15.0 Å². The number of rotatable bonds is 6. The Morgan fingerprint density at radius 1 is 1.04 bits per heavy atom. The first kappa shape index (κ1) is 19.4. The van der Waals surface area contributed by atoms with Crippen molar-refractivity contribution in [2.75, 3.05) is 18.8 Å². The minimum absolute atomic E-state index is 0.00844. The lowest BCUT2D eigenvalue weighted by molar-refractivity contribution is -0.148. The molecule has 2 aromatic carbocycles. The third-order valence-electron chi connectivity index (χ3n) is 5.12. The molecule has 0 bridgehead atoms. The molecule has 0 aliphatic carbocycles. The second kappa shape index (κ2) is 8.57. The zero-order chi connectivity index (χ0) is 19.3. The van der Waals surface area contributed by atoms with E-state index in [4.69, 9.17) is 0 Å². The molecule has 1 amide bonds. The molecular weight excluding hydrogens is 365 g/mol. The fourth-order valence-corrected chi connectivity index (χ4v) is 4.37. The fourth-order valence-electron chi connectivity index (χ4n) is 3.49. The van der Waals surface area contributed by atoms with Crippen LogP contribution in [0.2, 0.25) is 0 Å². The molecule has 0 radical (unpaired) electrons. The van der Waals surface area contributed by atoms with Gasteiger partial charge < -0.3 is 10.0 Å². The zero-order valence-corrected chi connectivity index (χ0v) is 15.8. The summed E-state index contributed by atoms with van der Waals surface area (Å²) in [5.74, 6) is -0.622. The zero-order valence-electron chi connectivity index (χ0n) is 14.9. The van der Waals surface area contributed by atoms with E-state index in [1.165, 1.54) is 17.8 Å². The third kappa shape index (κ3) is 4.33. The van der Waals surface area contributed by atoms with E-state index >= 15 is 0 Å². The Bertz CT molecular complexity index is 804. The number of amides is 1. The quantitative estimate of drug-likeness (QED) is 0.763. The van der Waals surface area contributed by atoms with Crippen LogP contribution in [0.1, 0.15) is 24.8 Å². The minimum atomic E-state index is -0.931. The number of thioether (sulfide) groups is 1. The smallest absolute Gasteiger partial charge is 0.314 e. The summed E-state index contributed by atoms with van der Waals surface area (Å²) in [5, 5.41) is 9.82. The first-order valence-electron chi connectivity index (χ1n) is 8.97. The van der Waals surface area contributed by atoms with E-state index in [0.29, 0.717) is 43.0 Å². The minimum Gasteiger partial charge on any atom is -0.481 e. The van der Waals surface area contributed by atoms with Gasteiger partial charge in [-0.15, -0.1) is 11.8 Å². The number of carboxylic acids is 1. The molecule has 3 rings (SSSR count). The van der Waals surface area contributed by atoms with Gasteiger partial charge in [-0.2, -0.15) is 0 Å². The maximum absolute atomic E-state index is 13.6. The molecule has 142 valence electrons. The lowest BCUT2D eigenvalue weighted by atomic mass is 9.73. The van der Waals surface area contributed by atoms with Gasteiger partial charge in [-0.1, -0.05) is 42.5 Å². The summed E-state index contributed by atoms with van der Waals surface area (Å²) in [6.45, 7) is 0.842. The number of benzene rings is 2. The number of halogens is 1. The third-order valence-corrected chi connectivity index (χ3v) is 6.17. The number of nitrogens with zero attached hydrogens (tertiary/aromatic N) is 1. The summed E-state index contributed by atoms with van der Waals surface area (Å²) in [5.41, 5.74) is -0.139. The van der Waals surface area contributed by atoms with Gasteiger partial charge in [0.15, 0.2) is 0 Å². The van der Waals surface area contributed by atoms with Gasteiger partial charge in [0.1, 0.15) is 5.82 Å². The van der Waals surface area contributed by atoms with Crippen LogP contribution in [0.15, 0.2) is 59.5 Å². The Kier molecular flexibility index (Phi) is 6.16. The van der Waals surface area contributed by atoms with Crippen molar-refractivity contribution in [2.24, 2.45) is 0 Å². The summed E-state index contributed by atoms with van der Waals surface area (Å²) in [6.07, 6.45) is 1.11. The van der Waals surface area contributed by atoms with Crippen LogP contribution in [0.5, 0.6) is 0 Å². The van der Waals surface area contributed by atoms with Gasteiger partial charge in [0, 0.05) is 30.2 Å². The van der Waals surface area contributed by atoms with Gasteiger partial charge in [0.25, 0.3) is 0 Å². The van der Waals surface area contributed by atoms with Crippen LogP contribution >= 0.6 is 11.8 Å². The predicted molar refractivity (Wildman–Crippen MR) is 103 cm³/mol. The summed E-state index contributed by atoms with van der Waals surface area (Å²) < 4.78 is 13.6. The second-order valence-electron chi connectivity index (χ2n) is 6.66. The Morgan fingerprint density at radius 3 is 2.30 bits per heavy atom. The maximum Gasteiger partial charge on any atom is 0.314 e. The maximum atomic E-state index is 13.6. The SMILES string of the molecule is O=C(CCSc1ccccc1F)N1CCC(C(=O)O)(c2ccccc2)CC1. The van der Waals surface area contributed by atoms with Crippen molar-refractivity contribution in [1.82, 2.24) is 4.90 Å². The van der Waals surface area contributed by atoms with E-state index in [1.54, 1.807) is 23.1 Å². The highest BCUT2D eigenvalue weighted by Crippen LogP contribution is 2.36. The highest BCUT2D eigenvalue weighted by molar-refractivity contribution is 7.99. The van der Waals surface area contributed by atoms with Gasteiger partial charge in [0.05, 0.1) is 5.41 Å². The molecule has 1 aliphatic heterocycles. The normalized spacial score (nSPS) is 16.1.